The molecule has 3 aromatic rings. The Bertz CT molecular complexity index is 1050. The molecule has 1 aromatic carbocycles. The lowest BCUT2D eigenvalue weighted by molar-refractivity contribution is 0.268. The van der Waals surface area contributed by atoms with E-state index in [-0.39, 0.29) is 4.90 Å². The number of hydrogen-bond donors (Lipinski definition) is 0. The Labute approximate surface area is 170 Å². The number of aryl methyl sites for hydroxylation is 2. The Morgan fingerprint density at radius 1 is 1.14 bits per heavy atom. The summed E-state index contributed by atoms with van der Waals surface area (Å²) < 4.78 is 34.6. The minimum absolute atomic E-state index is 0.207. The first-order chi connectivity index (χ1) is 13.9. The lowest BCUT2D eigenvalue weighted by Crippen LogP contribution is -2.39. The third kappa shape index (κ3) is 4.11. The first-order valence-electron chi connectivity index (χ1n) is 9.79. The van der Waals surface area contributed by atoms with E-state index in [1.807, 2.05) is 18.2 Å². The predicted octanol–water partition coefficient (Wildman–Crippen LogP) is 2.57. The summed E-state index contributed by atoms with van der Waals surface area (Å²) in [6.07, 6.45) is 4.15. The smallest absolute Gasteiger partial charge is 0.248 e. The van der Waals surface area contributed by atoms with Gasteiger partial charge < -0.3 is 9.09 Å². The molecule has 9 heteroatoms. The van der Waals surface area contributed by atoms with Gasteiger partial charge in [0.1, 0.15) is 22.7 Å². The minimum atomic E-state index is -3.57. The number of sulfonamides is 1. The maximum atomic E-state index is 13.0. The van der Waals surface area contributed by atoms with Gasteiger partial charge in [-0.25, -0.2) is 8.42 Å². The largest absolute Gasteiger partial charge is 0.360 e. The van der Waals surface area contributed by atoms with E-state index in [0.717, 1.165) is 31.6 Å². The van der Waals surface area contributed by atoms with Crippen molar-refractivity contribution in [2.24, 2.45) is 5.92 Å². The van der Waals surface area contributed by atoms with Gasteiger partial charge in [0.2, 0.25) is 10.0 Å². The standard InChI is InChI=1S/C20H25N5O3S/c1-15-20(16(2)28-23-15)29(26,27)25-10-8-17(9-11-25)12-19-22-21-14-24(19)13-18-6-4-3-5-7-18/h3-7,14,17H,8-13H2,1-2H3. The second-order valence-electron chi connectivity index (χ2n) is 7.57. The fraction of sp³-hybridized carbons (Fsp3) is 0.450. The van der Waals surface area contributed by atoms with Gasteiger partial charge in [0, 0.05) is 19.5 Å². The molecule has 0 radical (unpaired) electrons. The highest BCUT2D eigenvalue weighted by atomic mass is 32.2. The minimum Gasteiger partial charge on any atom is -0.360 e. The predicted molar refractivity (Wildman–Crippen MR) is 107 cm³/mol. The topological polar surface area (TPSA) is 94.1 Å². The molecule has 1 aliphatic heterocycles. The van der Waals surface area contributed by atoms with Gasteiger partial charge >= 0.3 is 0 Å². The molecule has 4 rings (SSSR count). The van der Waals surface area contributed by atoms with Crippen molar-refractivity contribution >= 4 is 10.0 Å². The zero-order valence-electron chi connectivity index (χ0n) is 16.7. The van der Waals surface area contributed by atoms with E-state index >= 15 is 0 Å². The molecule has 2 aromatic heterocycles. The fourth-order valence-corrected chi connectivity index (χ4v) is 5.69. The van der Waals surface area contributed by atoms with Gasteiger partial charge in [0.25, 0.3) is 0 Å². The Morgan fingerprint density at radius 3 is 2.52 bits per heavy atom. The highest BCUT2D eigenvalue weighted by molar-refractivity contribution is 7.89. The maximum absolute atomic E-state index is 13.0. The van der Waals surface area contributed by atoms with Gasteiger partial charge in [-0.1, -0.05) is 35.5 Å². The molecule has 0 saturated carbocycles. The number of hydrogen-bond acceptors (Lipinski definition) is 6. The molecule has 0 unspecified atom stereocenters. The average Bonchev–Trinajstić information content (AvgIpc) is 3.29. The molecule has 1 aliphatic rings. The van der Waals surface area contributed by atoms with Crippen LogP contribution in [0.4, 0.5) is 0 Å². The van der Waals surface area contributed by atoms with E-state index in [0.29, 0.717) is 30.5 Å². The third-order valence-electron chi connectivity index (χ3n) is 5.50. The zero-order chi connectivity index (χ0) is 20.4. The van der Waals surface area contributed by atoms with Crippen LogP contribution in [0, 0.1) is 19.8 Å². The molecule has 0 amide bonds. The van der Waals surface area contributed by atoms with Crippen LogP contribution in [0.1, 0.15) is 35.7 Å². The molecule has 1 fully saturated rings. The summed E-state index contributed by atoms with van der Waals surface area (Å²) >= 11 is 0. The summed E-state index contributed by atoms with van der Waals surface area (Å²) in [4.78, 5) is 0.207. The van der Waals surface area contributed by atoms with Gasteiger partial charge in [-0.05, 0) is 38.2 Å². The molecule has 3 heterocycles. The summed E-state index contributed by atoms with van der Waals surface area (Å²) in [5.74, 6) is 1.67. The Hall–Kier alpha value is -2.52. The summed E-state index contributed by atoms with van der Waals surface area (Å²) in [6, 6.07) is 10.2. The van der Waals surface area contributed by atoms with Crippen molar-refractivity contribution in [1.82, 2.24) is 24.2 Å². The quantitative estimate of drug-likeness (QED) is 0.614. The van der Waals surface area contributed by atoms with Gasteiger partial charge in [0.05, 0.1) is 6.54 Å². The first kappa shape index (κ1) is 19.8. The van der Waals surface area contributed by atoms with Gasteiger partial charge in [0.15, 0.2) is 5.76 Å². The van der Waals surface area contributed by atoms with Crippen LogP contribution < -0.4 is 0 Å². The number of rotatable bonds is 6. The zero-order valence-corrected chi connectivity index (χ0v) is 17.5. The van der Waals surface area contributed by atoms with Crippen LogP contribution in [-0.2, 0) is 23.0 Å². The van der Waals surface area contributed by atoms with Gasteiger partial charge in [-0.15, -0.1) is 10.2 Å². The fourth-order valence-electron chi connectivity index (χ4n) is 3.93. The molecular weight excluding hydrogens is 390 g/mol. The third-order valence-corrected chi connectivity index (χ3v) is 7.65. The van der Waals surface area contributed by atoms with Gasteiger partial charge in [-0.2, -0.15) is 4.31 Å². The van der Waals surface area contributed by atoms with Crippen LogP contribution in [0.5, 0.6) is 0 Å². The number of aromatic nitrogens is 4. The molecule has 0 spiro atoms. The summed E-state index contributed by atoms with van der Waals surface area (Å²) in [5, 5.41) is 12.2. The molecule has 154 valence electrons. The van der Waals surface area contributed by atoms with Crippen molar-refractivity contribution in [3.63, 3.8) is 0 Å². The van der Waals surface area contributed by atoms with E-state index in [9.17, 15) is 8.42 Å². The van der Waals surface area contributed by atoms with Crippen molar-refractivity contribution in [2.45, 2.75) is 44.6 Å². The number of benzene rings is 1. The van der Waals surface area contributed by atoms with E-state index < -0.39 is 10.0 Å². The molecule has 0 N–H and O–H groups in total. The second-order valence-corrected chi connectivity index (χ2v) is 9.44. The number of nitrogens with zero attached hydrogens (tertiary/aromatic N) is 5. The second kappa shape index (κ2) is 8.08. The van der Waals surface area contributed by atoms with E-state index in [4.69, 9.17) is 4.52 Å². The lowest BCUT2D eigenvalue weighted by atomic mass is 9.94. The SMILES string of the molecule is Cc1noc(C)c1S(=O)(=O)N1CCC(Cc2nncn2Cc2ccccc2)CC1. The molecule has 0 aliphatic carbocycles. The highest BCUT2D eigenvalue weighted by Crippen LogP contribution is 2.28. The first-order valence-corrected chi connectivity index (χ1v) is 11.2. The summed E-state index contributed by atoms with van der Waals surface area (Å²) in [7, 11) is -3.57. The lowest BCUT2D eigenvalue weighted by Gasteiger charge is -2.31. The molecule has 8 nitrogen and oxygen atoms in total. The molecular formula is C20H25N5O3S. The number of piperidine rings is 1. The van der Waals surface area contributed by atoms with Crippen LogP contribution in [-0.4, -0.2) is 45.7 Å². The molecule has 0 bridgehead atoms. The monoisotopic (exact) mass is 415 g/mol. The highest BCUT2D eigenvalue weighted by Gasteiger charge is 2.34. The van der Waals surface area contributed by atoms with Gasteiger partial charge in [-0.3, -0.25) is 0 Å². The van der Waals surface area contributed by atoms with Crippen molar-refractivity contribution in [1.29, 1.82) is 0 Å². The van der Waals surface area contributed by atoms with Crippen LogP contribution in [0.25, 0.3) is 0 Å². The van der Waals surface area contributed by atoms with E-state index in [1.165, 1.54) is 5.56 Å². The summed E-state index contributed by atoms with van der Waals surface area (Å²) in [6.45, 7) is 5.02. The average molecular weight is 416 g/mol. The molecule has 1 saturated heterocycles. The Kier molecular flexibility index (Phi) is 5.51. The molecule has 0 atom stereocenters. The van der Waals surface area contributed by atoms with Crippen LogP contribution in [0.2, 0.25) is 0 Å². The van der Waals surface area contributed by atoms with Crippen molar-refractivity contribution in [2.75, 3.05) is 13.1 Å². The molecule has 29 heavy (non-hydrogen) atoms. The van der Waals surface area contributed by atoms with Crippen molar-refractivity contribution in [3.05, 3.63) is 59.5 Å². The van der Waals surface area contributed by atoms with E-state index in [2.05, 4.69) is 32.1 Å². The van der Waals surface area contributed by atoms with Crippen LogP contribution >= 0.6 is 0 Å². The van der Waals surface area contributed by atoms with Crippen LogP contribution in [0.15, 0.2) is 46.1 Å². The normalized spacial score (nSPS) is 16.3. The Morgan fingerprint density at radius 2 is 1.86 bits per heavy atom. The van der Waals surface area contributed by atoms with Crippen molar-refractivity contribution < 1.29 is 12.9 Å². The summed E-state index contributed by atoms with van der Waals surface area (Å²) in [5.41, 5.74) is 1.62. The van der Waals surface area contributed by atoms with Crippen molar-refractivity contribution in [3.8, 4) is 0 Å². The van der Waals surface area contributed by atoms with E-state index in [1.54, 1.807) is 24.5 Å². The maximum Gasteiger partial charge on any atom is 0.248 e. The Balaban J connectivity index is 1.39. The van der Waals surface area contributed by atoms with Crippen LogP contribution in [0.3, 0.4) is 0 Å².